The number of fused-ring (bicyclic) bond motifs is 3. The third kappa shape index (κ3) is 5.13. The van der Waals surface area contributed by atoms with E-state index in [-0.39, 0.29) is 30.1 Å². The van der Waals surface area contributed by atoms with Crippen LogP contribution in [-0.4, -0.2) is 64.9 Å². The summed E-state index contributed by atoms with van der Waals surface area (Å²) in [5.41, 5.74) is 3.19. The van der Waals surface area contributed by atoms with Gasteiger partial charge in [-0.15, -0.1) is 0 Å². The lowest BCUT2D eigenvalue weighted by atomic mass is 10.0. The van der Waals surface area contributed by atoms with E-state index in [9.17, 15) is 22.8 Å². The Labute approximate surface area is 240 Å². The number of hydrogen-bond donors (Lipinski definition) is 1. The third-order valence-corrected chi connectivity index (χ3v) is 7.46. The number of anilines is 3. The van der Waals surface area contributed by atoms with Gasteiger partial charge in [0.2, 0.25) is 0 Å². The van der Waals surface area contributed by atoms with E-state index in [4.69, 9.17) is 4.98 Å². The predicted molar refractivity (Wildman–Crippen MR) is 153 cm³/mol. The van der Waals surface area contributed by atoms with Gasteiger partial charge in [0.05, 0.1) is 34.7 Å². The number of piperazine rings is 1. The Hall–Kier alpha value is -4.58. The zero-order chi connectivity index (χ0) is 29.6. The standard InChI is InChI=1S/C30H28F3N7O2/c1-18(41)13-21-4-3-19(15-35-21)24-6-7-25-27(37-24)28-20(16-36-25)17-38(2)29(42)40(28)22-5-8-26(23(14-22)30(31,32)33)39-11-9-34-10-12-39/h3-8,14-16,34H,9-13,17H2,1-2H3. The average molecular weight is 576 g/mol. The number of amides is 2. The molecule has 0 radical (unpaired) electrons. The van der Waals surface area contributed by atoms with Crippen LogP contribution in [0.2, 0.25) is 0 Å². The van der Waals surface area contributed by atoms with E-state index < -0.39 is 17.8 Å². The molecule has 3 aromatic heterocycles. The van der Waals surface area contributed by atoms with Crippen LogP contribution in [0, 0.1) is 0 Å². The zero-order valence-corrected chi connectivity index (χ0v) is 23.1. The number of nitrogens with zero attached hydrogens (tertiary/aromatic N) is 6. The SMILES string of the molecule is CC(=O)Cc1ccc(-c2ccc3ncc4c(c3n2)N(c2ccc(N3CCNCC3)c(C(F)(F)F)c2)C(=O)N(C)C4)cn1. The van der Waals surface area contributed by atoms with E-state index in [0.29, 0.717) is 65.4 Å². The highest BCUT2D eigenvalue weighted by atomic mass is 19.4. The molecule has 2 aliphatic heterocycles. The quantitative estimate of drug-likeness (QED) is 0.360. The molecule has 0 bridgehead atoms. The molecule has 0 unspecified atom stereocenters. The van der Waals surface area contributed by atoms with Crippen molar-refractivity contribution in [2.45, 2.75) is 26.1 Å². The van der Waals surface area contributed by atoms with Gasteiger partial charge >= 0.3 is 12.2 Å². The van der Waals surface area contributed by atoms with E-state index in [1.807, 2.05) is 6.07 Å². The van der Waals surface area contributed by atoms with E-state index in [2.05, 4.69) is 15.3 Å². The summed E-state index contributed by atoms with van der Waals surface area (Å²) in [6, 6.07) is 10.7. The minimum Gasteiger partial charge on any atom is -0.368 e. The largest absolute Gasteiger partial charge is 0.418 e. The van der Waals surface area contributed by atoms with Gasteiger partial charge < -0.3 is 15.1 Å². The van der Waals surface area contributed by atoms with Gasteiger partial charge in [-0.1, -0.05) is 0 Å². The molecule has 0 aliphatic carbocycles. The van der Waals surface area contributed by atoms with E-state index in [1.165, 1.54) is 22.8 Å². The van der Waals surface area contributed by atoms with Crippen LogP contribution >= 0.6 is 0 Å². The lowest BCUT2D eigenvalue weighted by Crippen LogP contribution is -2.44. The molecule has 9 nitrogen and oxygen atoms in total. The Morgan fingerprint density at radius 1 is 1.02 bits per heavy atom. The minimum atomic E-state index is -4.63. The highest BCUT2D eigenvalue weighted by molar-refractivity contribution is 6.08. The lowest BCUT2D eigenvalue weighted by molar-refractivity contribution is -0.137. The van der Waals surface area contributed by atoms with Crippen LogP contribution < -0.4 is 15.1 Å². The molecular weight excluding hydrogens is 547 g/mol. The van der Waals surface area contributed by atoms with Gasteiger partial charge in [0.1, 0.15) is 11.3 Å². The number of pyridine rings is 3. The molecule has 1 N–H and O–H groups in total. The second-order valence-corrected chi connectivity index (χ2v) is 10.5. The van der Waals surface area contributed by atoms with Crippen LogP contribution in [-0.2, 0) is 23.9 Å². The maximum atomic E-state index is 14.4. The zero-order valence-electron chi connectivity index (χ0n) is 23.1. The van der Waals surface area contributed by atoms with E-state index >= 15 is 0 Å². The molecule has 2 amide bonds. The summed E-state index contributed by atoms with van der Waals surface area (Å²) >= 11 is 0. The number of rotatable bonds is 5. The van der Waals surface area contributed by atoms with Crippen molar-refractivity contribution in [3.63, 3.8) is 0 Å². The fraction of sp³-hybridized carbons (Fsp3) is 0.300. The molecule has 4 aromatic rings. The number of nitrogens with one attached hydrogen (secondary N) is 1. The fourth-order valence-corrected chi connectivity index (χ4v) is 5.45. The summed E-state index contributed by atoms with van der Waals surface area (Å²) in [6.07, 6.45) is -1.15. The number of aromatic nitrogens is 3. The van der Waals surface area contributed by atoms with Gasteiger partial charge in [-0.25, -0.2) is 9.78 Å². The highest BCUT2D eigenvalue weighted by Crippen LogP contribution is 2.43. The van der Waals surface area contributed by atoms with Crippen molar-refractivity contribution in [1.82, 2.24) is 25.2 Å². The van der Waals surface area contributed by atoms with Gasteiger partial charge in [0.15, 0.2) is 0 Å². The molecule has 12 heteroatoms. The molecule has 0 saturated carbocycles. The third-order valence-electron chi connectivity index (χ3n) is 7.46. The van der Waals surface area contributed by atoms with Gasteiger partial charge in [0, 0.05) is 74.5 Å². The van der Waals surface area contributed by atoms with Crippen LogP contribution in [0.1, 0.15) is 23.7 Å². The maximum Gasteiger partial charge on any atom is 0.418 e. The summed E-state index contributed by atoms with van der Waals surface area (Å²) in [7, 11) is 1.60. The molecule has 6 rings (SSSR count). The van der Waals surface area contributed by atoms with Crippen LogP contribution in [0.25, 0.3) is 22.3 Å². The summed E-state index contributed by atoms with van der Waals surface area (Å²) < 4.78 is 43.2. The van der Waals surface area contributed by atoms with E-state index in [0.717, 1.165) is 6.07 Å². The number of ketones is 1. The van der Waals surface area contributed by atoms with Crippen LogP contribution in [0.15, 0.2) is 54.9 Å². The Morgan fingerprint density at radius 2 is 1.81 bits per heavy atom. The molecule has 1 saturated heterocycles. The molecule has 42 heavy (non-hydrogen) atoms. The molecule has 1 fully saturated rings. The number of benzene rings is 1. The number of Topliss-reactive ketones (excluding diaryl/α,β-unsaturated/α-hetero) is 1. The fourth-order valence-electron chi connectivity index (χ4n) is 5.45. The normalized spacial score (nSPS) is 15.7. The summed E-state index contributed by atoms with van der Waals surface area (Å²) in [6.45, 7) is 3.80. The second kappa shape index (κ2) is 10.7. The Bertz CT molecular complexity index is 1690. The van der Waals surface area contributed by atoms with Crippen LogP contribution in [0.4, 0.5) is 35.0 Å². The van der Waals surface area contributed by atoms with Crippen molar-refractivity contribution in [2.24, 2.45) is 0 Å². The summed E-state index contributed by atoms with van der Waals surface area (Å²) in [5.74, 6) is 0.00107. The first-order chi connectivity index (χ1) is 20.1. The second-order valence-electron chi connectivity index (χ2n) is 10.5. The monoisotopic (exact) mass is 575 g/mol. The van der Waals surface area contributed by atoms with Gasteiger partial charge in [0.25, 0.3) is 0 Å². The Balaban J connectivity index is 1.49. The lowest BCUT2D eigenvalue weighted by Gasteiger charge is -2.36. The van der Waals surface area contributed by atoms with Gasteiger partial charge in [-0.05, 0) is 49.4 Å². The van der Waals surface area contributed by atoms with Crippen LogP contribution in [0.5, 0.6) is 0 Å². The van der Waals surface area contributed by atoms with Crippen molar-refractivity contribution < 1.29 is 22.8 Å². The highest BCUT2D eigenvalue weighted by Gasteiger charge is 2.38. The molecular formula is C30H28F3N7O2. The Morgan fingerprint density at radius 3 is 2.50 bits per heavy atom. The average Bonchev–Trinajstić information content (AvgIpc) is 2.97. The molecule has 216 valence electrons. The molecule has 5 heterocycles. The molecule has 0 spiro atoms. The first kappa shape index (κ1) is 27.6. The summed E-state index contributed by atoms with van der Waals surface area (Å²) in [4.78, 5) is 43.3. The van der Waals surface area contributed by atoms with Crippen molar-refractivity contribution in [3.05, 3.63) is 71.7 Å². The van der Waals surface area contributed by atoms with Crippen molar-refractivity contribution >= 4 is 39.9 Å². The van der Waals surface area contributed by atoms with Gasteiger partial charge in [-0.2, -0.15) is 13.2 Å². The smallest absolute Gasteiger partial charge is 0.368 e. The van der Waals surface area contributed by atoms with Gasteiger partial charge in [-0.3, -0.25) is 19.7 Å². The minimum absolute atomic E-state index is 0.00107. The first-order valence-corrected chi connectivity index (χ1v) is 13.6. The van der Waals surface area contributed by atoms with Crippen LogP contribution in [0.3, 0.4) is 0 Å². The number of halogens is 3. The van der Waals surface area contributed by atoms with Crippen molar-refractivity contribution in [1.29, 1.82) is 0 Å². The van der Waals surface area contributed by atoms with E-state index in [1.54, 1.807) is 48.6 Å². The summed E-state index contributed by atoms with van der Waals surface area (Å²) in [5, 5.41) is 3.16. The number of urea groups is 1. The van der Waals surface area contributed by atoms with Crippen molar-refractivity contribution in [3.8, 4) is 11.3 Å². The molecule has 2 aliphatic rings. The predicted octanol–water partition coefficient (Wildman–Crippen LogP) is 4.96. The van der Waals surface area contributed by atoms with Crippen molar-refractivity contribution in [2.75, 3.05) is 43.0 Å². The first-order valence-electron chi connectivity index (χ1n) is 13.6. The molecule has 1 aromatic carbocycles. The molecule has 0 atom stereocenters. The number of alkyl halides is 3. The maximum absolute atomic E-state index is 14.4. The Kier molecular flexibility index (Phi) is 7.01. The topological polar surface area (TPSA) is 94.6 Å². The number of carbonyl (C=O) groups excluding carboxylic acids is 2. The number of hydrogen-bond acceptors (Lipinski definition) is 7. The number of carbonyl (C=O) groups is 2.